The molecule has 2 fully saturated rings. The number of esters is 1. The summed E-state index contributed by atoms with van der Waals surface area (Å²) >= 11 is 1.91. The third kappa shape index (κ3) is 7.16. The molecule has 2 aliphatic rings. The second kappa shape index (κ2) is 13.4. The number of nitrogens with zero attached hydrogens (tertiary/aromatic N) is 4. The van der Waals surface area contributed by atoms with Gasteiger partial charge in [-0.3, -0.25) is 9.59 Å². The van der Waals surface area contributed by atoms with Crippen molar-refractivity contribution >= 4 is 62.0 Å². The van der Waals surface area contributed by atoms with Gasteiger partial charge in [0, 0.05) is 17.3 Å². The van der Waals surface area contributed by atoms with E-state index in [4.69, 9.17) is 19.5 Å². The van der Waals surface area contributed by atoms with Gasteiger partial charge in [0.25, 0.3) is 16.0 Å². The minimum atomic E-state index is -4.19. The fraction of sp³-hybridized carbons (Fsp3) is 0.286. The van der Waals surface area contributed by atoms with Crippen molar-refractivity contribution in [1.29, 1.82) is 0 Å². The lowest BCUT2D eigenvalue weighted by molar-refractivity contribution is -0.171. The quantitative estimate of drug-likeness (QED) is 0.0536. The van der Waals surface area contributed by atoms with Gasteiger partial charge < -0.3 is 25.5 Å². The van der Waals surface area contributed by atoms with Crippen molar-refractivity contribution in [2.24, 2.45) is 5.16 Å². The van der Waals surface area contributed by atoms with Crippen LogP contribution in [0.15, 0.2) is 78.5 Å². The predicted octanol–water partition coefficient (Wildman–Crippen LogP) is 1.47. The monoisotopic (exact) mass is 672 g/mol. The number of carbonyl (C=O) groups is 3. The zero-order valence-corrected chi connectivity index (χ0v) is 26.2. The minimum Gasteiger partial charge on any atom is -0.450 e. The van der Waals surface area contributed by atoms with Gasteiger partial charge in [-0.05, 0) is 11.1 Å². The number of nitrogens with two attached hydrogens (primary N) is 1. The van der Waals surface area contributed by atoms with Crippen LogP contribution >= 0.6 is 23.3 Å². The van der Waals surface area contributed by atoms with Gasteiger partial charge in [-0.1, -0.05) is 78.5 Å². The first-order valence-electron chi connectivity index (χ1n) is 13.4. The van der Waals surface area contributed by atoms with E-state index in [2.05, 4.69) is 26.4 Å². The number of thioether (sulfide) groups is 1. The summed E-state index contributed by atoms with van der Waals surface area (Å²) in [6.45, 7) is 3.09. The molecule has 2 unspecified atom stereocenters. The Hall–Kier alpha value is -4.32. The predicted molar refractivity (Wildman–Crippen MR) is 166 cm³/mol. The number of nitrogens with one attached hydrogen (secondary N) is 1. The third-order valence-electron chi connectivity index (χ3n) is 6.67. The molecule has 1 aromatic heterocycles. The molecule has 0 aliphatic carbocycles. The van der Waals surface area contributed by atoms with Gasteiger partial charge in [-0.2, -0.15) is 17.8 Å². The molecule has 3 N–H and O–H groups in total. The summed E-state index contributed by atoms with van der Waals surface area (Å²) in [6, 6.07) is 16.9. The van der Waals surface area contributed by atoms with Crippen LogP contribution in [0.25, 0.3) is 0 Å². The molecule has 0 radical (unpaired) electrons. The maximum Gasteiger partial charge on any atom is 0.343 e. The second-order valence-corrected chi connectivity index (χ2v) is 13.5. The summed E-state index contributed by atoms with van der Waals surface area (Å²) in [5.41, 5.74) is 4.61. The van der Waals surface area contributed by atoms with Gasteiger partial charge >= 0.3 is 5.97 Å². The zero-order chi connectivity index (χ0) is 32.2. The zero-order valence-electron chi connectivity index (χ0n) is 23.8. The number of hydrogen-bond acceptors (Lipinski definition) is 14. The number of amides is 2. The number of benzene rings is 2. The summed E-state index contributed by atoms with van der Waals surface area (Å²) in [7, 11) is -4.19. The largest absolute Gasteiger partial charge is 0.450 e. The van der Waals surface area contributed by atoms with E-state index in [-0.39, 0.29) is 29.0 Å². The molecule has 3 atom stereocenters. The Balaban J connectivity index is 1.35. The van der Waals surface area contributed by atoms with E-state index in [9.17, 15) is 22.8 Å². The third-order valence-corrected chi connectivity index (χ3v) is 9.34. The van der Waals surface area contributed by atoms with Crippen LogP contribution in [-0.4, -0.2) is 88.3 Å². The Morgan fingerprint density at radius 3 is 2.40 bits per heavy atom. The number of aromatic nitrogens is 2. The van der Waals surface area contributed by atoms with E-state index in [1.54, 1.807) is 48.5 Å². The molecule has 3 heterocycles. The maximum atomic E-state index is 13.9. The molecule has 17 heteroatoms. The molecule has 2 aliphatic heterocycles. The van der Waals surface area contributed by atoms with Gasteiger partial charge in [-0.25, -0.2) is 8.98 Å². The molecule has 2 amide bonds. The SMILES string of the molecule is C=CCON=C(C(=O)NC1C(=O)N2CC(OS(C)(=O)=O)(C(=O)OC(c3ccccc3)c3ccccc3)CS[C@H]12)c1nsc(N)n1. The van der Waals surface area contributed by atoms with Crippen molar-refractivity contribution < 1.29 is 36.6 Å². The van der Waals surface area contributed by atoms with Crippen LogP contribution in [-0.2, 0) is 38.3 Å². The Morgan fingerprint density at radius 1 is 1.20 bits per heavy atom. The summed E-state index contributed by atoms with van der Waals surface area (Å²) in [4.78, 5) is 50.6. The van der Waals surface area contributed by atoms with Crippen LogP contribution in [0.5, 0.6) is 0 Å². The molecule has 2 saturated heterocycles. The number of oxime groups is 1. The van der Waals surface area contributed by atoms with E-state index in [1.807, 2.05) is 12.1 Å². The van der Waals surface area contributed by atoms with Gasteiger partial charge in [0.1, 0.15) is 18.0 Å². The van der Waals surface area contributed by atoms with Crippen molar-refractivity contribution in [3.05, 3.63) is 90.3 Å². The summed E-state index contributed by atoms with van der Waals surface area (Å²) in [6.07, 6.45) is 1.36. The first kappa shape index (κ1) is 32.1. The number of nitrogen functional groups attached to an aromatic ring is 1. The summed E-state index contributed by atoms with van der Waals surface area (Å²) < 4.78 is 40.2. The lowest BCUT2D eigenvalue weighted by Gasteiger charge is -2.53. The van der Waals surface area contributed by atoms with Crippen LogP contribution in [0.2, 0.25) is 0 Å². The summed E-state index contributed by atoms with van der Waals surface area (Å²) in [5, 5.41) is 5.83. The normalized spacial score (nSPS) is 21.4. The van der Waals surface area contributed by atoms with Crippen molar-refractivity contribution in [3.8, 4) is 0 Å². The van der Waals surface area contributed by atoms with Gasteiger partial charge in [0.2, 0.25) is 23.0 Å². The lowest BCUT2D eigenvalue weighted by Crippen LogP contribution is -2.76. The fourth-order valence-corrected chi connectivity index (χ4v) is 7.44. The van der Waals surface area contributed by atoms with Crippen LogP contribution in [0.4, 0.5) is 5.13 Å². The molecule has 2 aromatic carbocycles. The minimum absolute atomic E-state index is 0.00106. The van der Waals surface area contributed by atoms with Crippen molar-refractivity contribution in [1.82, 2.24) is 19.6 Å². The van der Waals surface area contributed by atoms with Gasteiger partial charge in [0.05, 0.1) is 12.8 Å². The molecule has 236 valence electrons. The second-order valence-electron chi connectivity index (χ2n) is 9.99. The Bertz CT molecular complexity index is 1680. The fourth-order valence-electron chi connectivity index (χ4n) is 4.73. The number of ether oxygens (including phenoxy) is 1. The van der Waals surface area contributed by atoms with Gasteiger partial charge in [-0.15, -0.1) is 11.8 Å². The van der Waals surface area contributed by atoms with E-state index in [0.717, 1.165) is 29.6 Å². The highest BCUT2D eigenvalue weighted by molar-refractivity contribution is 8.00. The van der Waals surface area contributed by atoms with Crippen molar-refractivity contribution in [2.75, 3.05) is 30.9 Å². The van der Waals surface area contributed by atoms with E-state index < -0.39 is 57.6 Å². The Kier molecular flexibility index (Phi) is 9.52. The van der Waals surface area contributed by atoms with Crippen LogP contribution in [0, 0.1) is 0 Å². The van der Waals surface area contributed by atoms with Crippen LogP contribution in [0.1, 0.15) is 23.1 Å². The number of rotatable bonds is 12. The Labute approximate surface area is 266 Å². The Morgan fingerprint density at radius 2 is 1.84 bits per heavy atom. The smallest absolute Gasteiger partial charge is 0.343 e. The van der Waals surface area contributed by atoms with Crippen molar-refractivity contribution in [3.63, 3.8) is 0 Å². The highest BCUT2D eigenvalue weighted by Crippen LogP contribution is 2.42. The number of fused-ring (bicyclic) bond motifs is 1. The molecule has 45 heavy (non-hydrogen) atoms. The molecule has 0 saturated carbocycles. The van der Waals surface area contributed by atoms with Crippen LogP contribution < -0.4 is 11.1 Å². The average molecular weight is 673 g/mol. The van der Waals surface area contributed by atoms with Crippen LogP contribution in [0.3, 0.4) is 0 Å². The van der Waals surface area contributed by atoms with E-state index >= 15 is 0 Å². The lowest BCUT2D eigenvalue weighted by atomic mass is 9.98. The average Bonchev–Trinajstić information content (AvgIpc) is 3.46. The molecule has 0 bridgehead atoms. The van der Waals surface area contributed by atoms with E-state index in [0.29, 0.717) is 11.1 Å². The molecule has 3 aromatic rings. The maximum absolute atomic E-state index is 13.9. The standard InChI is InChI=1S/C28H28N6O8S3/c1-3-14-40-32-19(22-31-27(29)44-33-22)23(35)30-20-24(36)34-15-28(16-43-25(20)34,42-45(2,38)39)26(37)41-21(17-10-6-4-7-11-17)18-12-8-5-9-13-18/h3-13,20-21,25H,1,14-16H2,2H3,(H,30,35)(H2,29,31,33)/t20?,25-,28?/m1/s1. The highest BCUT2D eigenvalue weighted by atomic mass is 32.2. The topological polar surface area (TPSA) is 192 Å². The number of β-lactam (4-membered cyclic amide) rings is 1. The first-order valence-corrected chi connectivity index (χ1v) is 17.0. The highest BCUT2D eigenvalue weighted by Gasteiger charge is 2.60. The van der Waals surface area contributed by atoms with Gasteiger partial charge in [0.15, 0.2) is 11.2 Å². The van der Waals surface area contributed by atoms with E-state index in [1.165, 1.54) is 11.0 Å². The molecule has 0 spiro atoms. The number of hydrogen-bond donors (Lipinski definition) is 2. The molecular formula is C28H28N6O8S3. The number of carbonyl (C=O) groups excluding carboxylic acids is 3. The number of anilines is 1. The molecular weight excluding hydrogens is 645 g/mol. The molecule has 5 rings (SSSR count). The first-order chi connectivity index (χ1) is 21.5. The van der Waals surface area contributed by atoms with Crippen molar-refractivity contribution in [2.45, 2.75) is 23.1 Å². The summed E-state index contributed by atoms with van der Waals surface area (Å²) in [5.74, 6) is -2.61. The molecule has 14 nitrogen and oxygen atoms in total.